The van der Waals surface area contributed by atoms with Crippen molar-refractivity contribution in [1.82, 2.24) is 5.48 Å². The van der Waals surface area contributed by atoms with E-state index in [0.717, 1.165) is 12.8 Å². The Labute approximate surface area is 106 Å². The second kappa shape index (κ2) is 4.61. The number of hydrogen-bond acceptors (Lipinski definition) is 3. The summed E-state index contributed by atoms with van der Waals surface area (Å²) in [5, 5.41) is 0. The Morgan fingerprint density at radius 2 is 2.33 bits per heavy atom. The van der Waals surface area contributed by atoms with E-state index in [4.69, 9.17) is 9.57 Å². The average molecular weight is 251 g/mol. The molecule has 98 valence electrons. The zero-order valence-electron chi connectivity index (χ0n) is 10.5. The molecule has 1 N–H and O–H groups in total. The fourth-order valence-corrected chi connectivity index (χ4v) is 3.30. The molecule has 1 heterocycles. The molecule has 0 aromatic heterocycles. The average Bonchev–Trinajstić information content (AvgIpc) is 2.87. The minimum atomic E-state index is -0.412. The van der Waals surface area contributed by atoms with Crippen molar-refractivity contribution in [3.63, 3.8) is 0 Å². The lowest BCUT2D eigenvalue weighted by atomic mass is 9.82. The van der Waals surface area contributed by atoms with Gasteiger partial charge in [0.05, 0.1) is 18.2 Å². The Morgan fingerprint density at radius 3 is 3.11 bits per heavy atom. The fraction of sp³-hybridized carbons (Fsp3) is 0.571. The normalized spacial score (nSPS) is 34.8. The number of nitrogens with one attached hydrogen (secondary N) is 1. The zero-order chi connectivity index (χ0) is 12.6. The van der Waals surface area contributed by atoms with Gasteiger partial charge in [-0.25, -0.2) is 4.39 Å². The highest BCUT2D eigenvalue weighted by Gasteiger charge is 2.53. The fourth-order valence-electron chi connectivity index (χ4n) is 3.30. The highest BCUT2D eigenvalue weighted by molar-refractivity contribution is 5.30. The van der Waals surface area contributed by atoms with Gasteiger partial charge in [-0.3, -0.25) is 0 Å². The smallest absolute Gasteiger partial charge is 0.128 e. The van der Waals surface area contributed by atoms with Gasteiger partial charge in [0.15, 0.2) is 0 Å². The topological polar surface area (TPSA) is 30.5 Å². The molecule has 1 aliphatic heterocycles. The van der Waals surface area contributed by atoms with Gasteiger partial charge in [0.1, 0.15) is 5.82 Å². The number of rotatable bonds is 3. The highest BCUT2D eigenvalue weighted by Crippen LogP contribution is 2.48. The lowest BCUT2D eigenvalue weighted by molar-refractivity contribution is 0.0144. The first kappa shape index (κ1) is 12.1. The Kier molecular flexibility index (Phi) is 3.09. The summed E-state index contributed by atoms with van der Waals surface area (Å²) in [6.07, 6.45) is 1.89. The van der Waals surface area contributed by atoms with Crippen molar-refractivity contribution >= 4 is 0 Å². The van der Waals surface area contributed by atoms with Crippen LogP contribution in [-0.2, 0) is 15.1 Å². The summed E-state index contributed by atoms with van der Waals surface area (Å²) in [5.41, 5.74) is 3.35. The summed E-state index contributed by atoms with van der Waals surface area (Å²) in [4.78, 5) is 5.38. The summed E-state index contributed by atoms with van der Waals surface area (Å²) < 4.78 is 19.8. The third-order valence-corrected chi connectivity index (χ3v) is 4.09. The van der Waals surface area contributed by atoms with Crippen LogP contribution in [0.1, 0.15) is 25.3 Å². The van der Waals surface area contributed by atoms with Crippen LogP contribution in [0.15, 0.2) is 24.3 Å². The quantitative estimate of drug-likeness (QED) is 0.894. The van der Waals surface area contributed by atoms with Crippen molar-refractivity contribution in [3.05, 3.63) is 35.6 Å². The predicted molar refractivity (Wildman–Crippen MR) is 65.3 cm³/mol. The molecule has 0 bridgehead atoms. The van der Waals surface area contributed by atoms with Crippen LogP contribution < -0.4 is 5.48 Å². The van der Waals surface area contributed by atoms with E-state index in [9.17, 15) is 4.39 Å². The summed E-state index contributed by atoms with van der Waals surface area (Å²) in [6, 6.07) is 6.95. The second-order valence-corrected chi connectivity index (χ2v) is 5.08. The first-order chi connectivity index (χ1) is 8.76. The van der Waals surface area contributed by atoms with Crippen LogP contribution in [0, 0.1) is 11.7 Å². The van der Waals surface area contributed by atoms with Gasteiger partial charge in [-0.15, -0.1) is 0 Å². The maximum Gasteiger partial charge on any atom is 0.128 e. The molecule has 0 spiro atoms. The summed E-state index contributed by atoms with van der Waals surface area (Å²) >= 11 is 0. The molecule has 0 amide bonds. The second-order valence-electron chi connectivity index (χ2n) is 5.08. The van der Waals surface area contributed by atoms with Gasteiger partial charge in [-0.1, -0.05) is 18.2 Å². The minimum Gasteiger partial charge on any atom is -0.378 e. The van der Waals surface area contributed by atoms with E-state index < -0.39 is 5.54 Å². The van der Waals surface area contributed by atoms with Gasteiger partial charge < -0.3 is 9.57 Å². The summed E-state index contributed by atoms with van der Waals surface area (Å²) in [6.45, 7) is 3.32. The van der Waals surface area contributed by atoms with Crippen LogP contribution >= 0.6 is 0 Å². The van der Waals surface area contributed by atoms with Crippen molar-refractivity contribution in [2.75, 3.05) is 13.2 Å². The first-order valence-corrected chi connectivity index (χ1v) is 6.52. The molecular weight excluding hydrogens is 233 g/mol. The number of ether oxygens (including phenoxy) is 1. The Balaban J connectivity index is 1.95. The van der Waals surface area contributed by atoms with Crippen LogP contribution in [0.2, 0.25) is 0 Å². The van der Waals surface area contributed by atoms with Gasteiger partial charge in [-0.2, -0.15) is 5.48 Å². The monoisotopic (exact) mass is 251 g/mol. The molecule has 0 radical (unpaired) electrons. The van der Waals surface area contributed by atoms with Crippen molar-refractivity contribution < 1.29 is 14.0 Å². The van der Waals surface area contributed by atoms with Crippen LogP contribution in [0.5, 0.6) is 0 Å². The molecule has 3 atom stereocenters. The molecule has 2 aliphatic rings. The third kappa shape index (κ3) is 1.76. The van der Waals surface area contributed by atoms with E-state index in [0.29, 0.717) is 18.8 Å². The standard InChI is InChI=1S/C14H18FNO2/c1-2-17-11-7-10-9-18-16-14(10,8-11)12-5-3-4-6-13(12)15/h3-6,10-11,16H,2,7-9H2,1H3/t10-,11?,14-/m0/s1. The van der Waals surface area contributed by atoms with Gasteiger partial charge in [0.25, 0.3) is 0 Å². The van der Waals surface area contributed by atoms with E-state index in [1.165, 1.54) is 6.07 Å². The Bertz CT molecular complexity index is 440. The van der Waals surface area contributed by atoms with E-state index in [1.54, 1.807) is 6.07 Å². The van der Waals surface area contributed by atoms with Gasteiger partial charge in [0.2, 0.25) is 0 Å². The molecule has 1 aliphatic carbocycles. The molecule has 1 aromatic carbocycles. The molecule has 1 saturated carbocycles. The lowest BCUT2D eigenvalue weighted by Gasteiger charge is -2.28. The maximum absolute atomic E-state index is 14.1. The first-order valence-electron chi connectivity index (χ1n) is 6.52. The number of halogens is 1. The van der Waals surface area contributed by atoms with E-state index in [-0.39, 0.29) is 17.8 Å². The van der Waals surface area contributed by atoms with Gasteiger partial charge in [0, 0.05) is 18.1 Å². The summed E-state index contributed by atoms with van der Waals surface area (Å²) in [5.74, 6) is 0.114. The van der Waals surface area contributed by atoms with Gasteiger partial charge in [-0.05, 0) is 25.8 Å². The van der Waals surface area contributed by atoms with Crippen LogP contribution in [0.4, 0.5) is 4.39 Å². The van der Waals surface area contributed by atoms with Crippen molar-refractivity contribution in [3.8, 4) is 0 Å². The van der Waals surface area contributed by atoms with Gasteiger partial charge >= 0.3 is 0 Å². The predicted octanol–water partition coefficient (Wildman–Crippen LogP) is 2.37. The van der Waals surface area contributed by atoms with E-state index in [1.807, 2.05) is 19.1 Å². The molecule has 1 aromatic rings. The largest absolute Gasteiger partial charge is 0.378 e. The maximum atomic E-state index is 14.1. The number of benzene rings is 1. The third-order valence-electron chi connectivity index (χ3n) is 4.09. The molecular formula is C14H18FNO2. The SMILES string of the molecule is CCOC1C[C@H]2CON[C@@]2(c2ccccc2F)C1. The highest BCUT2D eigenvalue weighted by atomic mass is 19.1. The summed E-state index contributed by atoms with van der Waals surface area (Å²) in [7, 11) is 0. The molecule has 4 heteroatoms. The molecule has 1 unspecified atom stereocenters. The van der Waals surface area contributed by atoms with E-state index >= 15 is 0 Å². The number of hydroxylamine groups is 1. The molecule has 3 rings (SSSR count). The number of hydrogen-bond donors (Lipinski definition) is 1. The molecule has 18 heavy (non-hydrogen) atoms. The van der Waals surface area contributed by atoms with Crippen LogP contribution in [0.3, 0.4) is 0 Å². The lowest BCUT2D eigenvalue weighted by Crippen LogP contribution is -2.39. The van der Waals surface area contributed by atoms with Crippen LogP contribution in [0.25, 0.3) is 0 Å². The van der Waals surface area contributed by atoms with Crippen molar-refractivity contribution in [1.29, 1.82) is 0 Å². The van der Waals surface area contributed by atoms with Crippen molar-refractivity contribution in [2.24, 2.45) is 5.92 Å². The Hall–Kier alpha value is -0.970. The number of fused-ring (bicyclic) bond motifs is 1. The molecule has 1 saturated heterocycles. The molecule has 2 fully saturated rings. The minimum absolute atomic E-state index is 0.169. The molecule has 3 nitrogen and oxygen atoms in total. The Morgan fingerprint density at radius 1 is 1.50 bits per heavy atom. The van der Waals surface area contributed by atoms with Crippen LogP contribution in [-0.4, -0.2) is 19.3 Å². The van der Waals surface area contributed by atoms with Crippen molar-refractivity contribution in [2.45, 2.75) is 31.4 Å². The van der Waals surface area contributed by atoms with E-state index in [2.05, 4.69) is 5.48 Å². The zero-order valence-corrected chi connectivity index (χ0v) is 10.5.